The van der Waals surface area contributed by atoms with Crippen LogP contribution in [0.4, 0.5) is 11.4 Å². The second-order valence-electron chi connectivity index (χ2n) is 4.67. The van der Waals surface area contributed by atoms with Gasteiger partial charge < -0.3 is 11.1 Å². The number of nitro benzene ring substituents is 1. The molecule has 2 rings (SSSR count). The molecule has 5 nitrogen and oxygen atoms in total. The molecule has 2 unspecified atom stereocenters. The van der Waals surface area contributed by atoms with E-state index < -0.39 is 0 Å². The summed E-state index contributed by atoms with van der Waals surface area (Å²) in [5.41, 5.74) is 7.86. The summed E-state index contributed by atoms with van der Waals surface area (Å²) in [6, 6.07) is 5.58. The Morgan fingerprint density at radius 3 is 2.76 bits per heavy atom. The lowest BCUT2D eigenvalue weighted by Gasteiger charge is -2.15. The van der Waals surface area contributed by atoms with Gasteiger partial charge in [-0.25, -0.2) is 0 Å². The van der Waals surface area contributed by atoms with Gasteiger partial charge in [-0.1, -0.05) is 0 Å². The average Bonchev–Trinajstić information content (AvgIpc) is 2.67. The minimum atomic E-state index is -0.373. The quantitative estimate of drug-likeness (QED) is 0.621. The highest BCUT2D eigenvalue weighted by Crippen LogP contribution is 2.26. The molecule has 3 N–H and O–H groups in total. The van der Waals surface area contributed by atoms with E-state index in [2.05, 4.69) is 5.32 Å². The molecular weight excluding hydrogens is 218 g/mol. The maximum absolute atomic E-state index is 10.6. The van der Waals surface area contributed by atoms with Gasteiger partial charge in [-0.3, -0.25) is 10.1 Å². The number of anilines is 1. The molecule has 5 heteroatoms. The van der Waals surface area contributed by atoms with E-state index in [-0.39, 0.29) is 16.7 Å². The summed E-state index contributed by atoms with van der Waals surface area (Å²) >= 11 is 0. The van der Waals surface area contributed by atoms with Crippen molar-refractivity contribution in [1.82, 2.24) is 0 Å². The van der Waals surface area contributed by atoms with Crippen LogP contribution < -0.4 is 11.1 Å². The summed E-state index contributed by atoms with van der Waals surface area (Å²) < 4.78 is 0. The first kappa shape index (κ1) is 11.9. The molecule has 0 aromatic heterocycles. The molecule has 0 amide bonds. The third-order valence-electron chi connectivity index (χ3n) is 3.25. The van der Waals surface area contributed by atoms with Crippen molar-refractivity contribution in [2.45, 2.75) is 38.3 Å². The summed E-state index contributed by atoms with van der Waals surface area (Å²) in [6.45, 7) is 1.88. The van der Waals surface area contributed by atoms with Crippen LogP contribution in [-0.2, 0) is 0 Å². The first-order chi connectivity index (χ1) is 8.06. The van der Waals surface area contributed by atoms with Crippen molar-refractivity contribution < 1.29 is 4.92 Å². The lowest BCUT2D eigenvalue weighted by Crippen LogP contribution is -2.21. The van der Waals surface area contributed by atoms with Crippen molar-refractivity contribution >= 4 is 11.4 Å². The summed E-state index contributed by atoms with van der Waals surface area (Å²) in [5, 5.41) is 14.0. The lowest BCUT2D eigenvalue weighted by molar-refractivity contribution is -0.384. The molecule has 1 aliphatic rings. The van der Waals surface area contributed by atoms with Crippen molar-refractivity contribution in [3.8, 4) is 0 Å². The Labute approximate surface area is 100 Å². The number of benzene rings is 1. The maximum atomic E-state index is 10.6. The molecule has 0 heterocycles. The minimum absolute atomic E-state index is 0.135. The molecular formula is C12H17N3O2. The van der Waals surface area contributed by atoms with Gasteiger partial charge in [-0.15, -0.1) is 0 Å². The Morgan fingerprint density at radius 2 is 2.24 bits per heavy atom. The number of hydrogen-bond acceptors (Lipinski definition) is 4. The van der Waals surface area contributed by atoms with Gasteiger partial charge in [0.15, 0.2) is 0 Å². The molecule has 1 fully saturated rings. The molecule has 1 saturated carbocycles. The number of nitrogens with one attached hydrogen (secondary N) is 1. The van der Waals surface area contributed by atoms with Crippen molar-refractivity contribution in [1.29, 1.82) is 0 Å². The number of rotatable bonds is 3. The van der Waals surface area contributed by atoms with Crippen molar-refractivity contribution in [2.24, 2.45) is 5.73 Å². The second-order valence-corrected chi connectivity index (χ2v) is 4.67. The number of nitrogens with two attached hydrogens (primary N) is 1. The van der Waals surface area contributed by atoms with Crippen LogP contribution >= 0.6 is 0 Å². The van der Waals surface area contributed by atoms with Crippen LogP contribution in [0.5, 0.6) is 0 Å². The Kier molecular flexibility index (Phi) is 3.28. The number of hydrogen-bond donors (Lipinski definition) is 2. The number of aryl methyl sites for hydroxylation is 1. The van der Waals surface area contributed by atoms with Gasteiger partial charge in [0.25, 0.3) is 5.69 Å². The van der Waals surface area contributed by atoms with Crippen LogP contribution in [0, 0.1) is 17.0 Å². The zero-order chi connectivity index (χ0) is 12.4. The van der Waals surface area contributed by atoms with Gasteiger partial charge in [0, 0.05) is 29.9 Å². The van der Waals surface area contributed by atoms with Crippen LogP contribution in [0.3, 0.4) is 0 Å². The molecule has 0 bridgehead atoms. The summed E-state index contributed by atoms with van der Waals surface area (Å²) in [6.07, 6.45) is 3.08. The number of nitrogens with zero attached hydrogens (tertiary/aromatic N) is 1. The molecule has 1 aromatic carbocycles. The Balaban J connectivity index is 2.09. The monoisotopic (exact) mass is 235 g/mol. The minimum Gasteiger partial charge on any atom is -0.382 e. The van der Waals surface area contributed by atoms with Crippen molar-refractivity contribution in [3.63, 3.8) is 0 Å². The van der Waals surface area contributed by atoms with E-state index in [1.54, 1.807) is 12.1 Å². The van der Waals surface area contributed by atoms with Crippen LogP contribution in [0.2, 0.25) is 0 Å². The number of non-ortho nitro benzene ring substituents is 1. The van der Waals surface area contributed by atoms with Gasteiger partial charge in [-0.05, 0) is 37.8 Å². The molecule has 2 atom stereocenters. The zero-order valence-corrected chi connectivity index (χ0v) is 9.85. The Bertz CT molecular complexity index is 434. The van der Waals surface area contributed by atoms with Crippen LogP contribution in [-0.4, -0.2) is 17.0 Å². The van der Waals surface area contributed by atoms with E-state index in [4.69, 9.17) is 5.73 Å². The van der Waals surface area contributed by atoms with Gasteiger partial charge >= 0.3 is 0 Å². The average molecular weight is 235 g/mol. The fourth-order valence-electron chi connectivity index (χ4n) is 2.29. The molecule has 0 spiro atoms. The molecule has 17 heavy (non-hydrogen) atoms. The fourth-order valence-corrected chi connectivity index (χ4v) is 2.29. The second kappa shape index (κ2) is 4.71. The third kappa shape index (κ3) is 2.74. The predicted molar refractivity (Wildman–Crippen MR) is 67.1 cm³/mol. The Morgan fingerprint density at radius 1 is 1.47 bits per heavy atom. The summed E-state index contributed by atoms with van der Waals surface area (Å²) in [5.74, 6) is 0. The van der Waals surface area contributed by atoms with E-state index in [0.717, 1.165) is 30.5 Å². The van der Waals surface area contributed by atoms with Gasteiger partial charge in [0.1, 0.15) is 0 Å². The predicted octanol–water partition coefficient (Wildman–Crippen LogP) is 2.19. The molecule has 1 aromatic rings. The molecule has 0 aliphatic heterocycles. The highest BCUT2D eigenvalue weighted by molar-refractivity contribution is 5.56. The standard InChI is InChI=1S/C12H17N3O2/c1-8-6-11(15(16)17)4-5-12(8)14-10-3-2-9(13)7-10/h4-6,9-10,14H,2-3,7,13H2,1H3. The van der Waals surface area contributed by atoms with E-state index >= 15 is 0 Å². The fraction of sp³-hybridized carbons (Fsp3) is 0.500. The van der Waals surface area contributed by atoms with Crippen LogP contribution in [0.15, 0.2) is 18.2 Å². The first-order valence-corrected chi connectivity index (χ1v) is 5.83. The smallest absolute Gasteiger partial charge is 0.269 e. The van der Waals surface area contributed by atoms with E-state index in [0.29, 0.717) is 6.04 Å². The molecule has 92 valence electrons. The lowest BCUT2D eigenvalue weighted by atomic mass is 10.1. The highest BCUT2D eigenvalue weighted by Gasteiger charge is 2.22. The summed E-state index contributed by atoms with van der Waals surface area (Å²) in [7, 11) is 0. The zero-order valence-electron chi connectivity index (χ0n) is 9.85. The normalized spacial score (nSPS) is 23.6. The largest absolute Gasteiger partial charge is 0.382 e. The molecule has 0 saturated heterocycles. The highest BCUT2D eigenvalue weighted by atomic mass is 16.6. The third-order valence-corrected chi connectivity index (χ3v) is 3.25. The van der Waals surface area contributed by atoms with Gasteiger partial charge in [0.05, 0.1) is 4.92 Å². The first-order valence-electron chi connectivity index (χ1n) is 5.83. The van der Waals surface area contributed by atoms with E-state index in [9.17, 15) is 10.1 Å². The molecule has 1 aliphatic carbocycles. The summed E-state index contributed by atoms with van der Waals surface area (Å²) in [4.78, 5) is 10.2. The van der Waals surface area contributed by atoms with Crippen LogP contribution in [0.25, 0.3) is 0 Å². The topological polar surface area (TPSA) is 81.2 Å². The molecule has 0 radical (unpaired) electrons. The maximum Gasteiger partial charge on any atom is 0.269 e. The SMILES string of the molecule is Cc1cc([N+](=O)[O-])ccc1NC1CCC(N)C1. The van der Waals surface area contributed by atoms with Crippen LogP contribution in [0.1, 0.15) is 24.8 Å². The van der Waals surface area contributed by atoms with E-state index in [1.807, 2.05) is 6.92 Å². The Hall–Kier alpha value is -1.62. The van der Waals surface area contributed by atoms with Gasteiger partial charge in [0.2, 0.25) is 0 Å². The van der Waals surface area contributed by atoms with Gasteiger partial charge in [-0.2, -0.15) is 0 Å². The van der Waals surface area contributed by atoms with Crippen molar-refractivity contribution in [3.05, 3.63) is 33.9 Å². The van der Waals surface area contributed by atoms with Crippen molar-refractivity contribution in [2.75, 3.05) is 5.32 Å². The number of nitro groups is 1. The van der Waals surface area contributed by atoms with E-state index in [1.165, 1.54) is 6.07 Å².